The first-order valence-corrected chi connectivity index (χ1v) is 7.21. The standard InChI is InChI=1S/C16H17NO5/c18-15(11-3-1-2-4-12(11)16(19)20)17-10-5-6-13-14(9-10)22-8-7-21-13/h1-2,5-6,9,11-12H,3-4,7-8H2,(H,17,18)(H,19,20)/p-1/t11-,12-/m0/s1. The van der Waals surface area contributed by atoms with Crippen LogP contribution in [0.15, 0.2) is 30.4 Å². The molecule has 1 heterocycles. The van der Waals surface area contributed by atoms with Crippen LogP contribution in [0, 0.1) is 11.8 Å². The molecule has 0 unspecified atom stereocenters. The minimum Gasteiger partial charge on any atom is -0.550 e. The maximum absolute atomic E-state index is 12.3. The third kappa shape index (κ3) is 2.90. The van der Waals surface area contributed by atoms with Gasteiger partial charge in [-0.25, -0.2) is 0 Å². The summed E-state index contributed by atoms with van der Waals surface area (Å²) in [5, 5.41) is 13.9. The third-order valence-corrected chi connectivity index (χ3v) is 3.88. The Morgan fingerprint density at radius 2 is 1.73 bits per heavy atom. The second-order valence-corrected chi connectivity index (χ2v) is 5.32. The first-order chi connectivity index (χ1) is 10.6. The van der Waals surface area contributed by atoms with Crippen LogP contribution in [0.5, 0.6) is 11.5 Å². The van der Waals surface area contributed by atoms with Gasteiger partial charge in [0.15, 0.2) is 11.5 Å². The highest BCUT2D eigenvalue weighted by molar-refractivity contribution is 5.95. The number of fused-ring (bicyclic) bond motifs is 1. The molecular formula is C16H16NO5-. The number of rotatable bonds is 3. The smallest absolute Gasteiger partial charge is 0.228 e. The lowest BCUT2D eigenvalue weighted by molar-refractivity contribution is -0.313. The Kier molecular flexibility index (Phi) is 4.00. The van der Waals surface area contributed by atoms with Gasteiger partial charge in [0.05, 0.1) is 5.92 Å². The van der Waals surface area contributed by atoms with E-state index in [-0.39, 0.29) is 5.91 Å². The number of nitrogens with one attached hydrogen (secondary N) is 1. The van der Waals surface area contributed by atoms with E-state index in [1.165, 1.54) is 0 Å². The molecule has 2 aliphatic rings. The quantitative estimate of drug-likeness (QED) is 0.832. The van der Waals surface area contributed by atoms with Crippen LogP contribution in [0.1, 0.15) is 12.8 Å². The van der Waals surface area contributed by atoms with Crippen molar-refractivity contribution in [3.8, 4) is 11.5 Å². The van der Waals surface area contributed by atoms with Gasteiger partial charge in [-0.2, -0.15) is 0 Å². The van der Waals surface area contributed by atoms with E-state index in [1.54, 1.807) is 24.3 Å². The van der Waals surface area contributed by atoms with Crippen LogP contribution in [0.4, 0.5) is 5.69 Å². The lowest BCUT2D eigenvalue weighted by Crippen LogP contribution is -2.41. The number of hydrogen-bond donors (Lipinski definition) is 1. The van der Waals surface area contributed by atoms with Gasteiger partial charge in [0, 0.05) is 23.6 Å². The van der Waals surface area contributed by atoms with Crippen LogP contribution in [-0.2, 0) is 9.59 Å². The summed E-state index contributed by atoms with van der Waals surface area (Å²) in [4.78, 5) is 23.5. The highest BCUT2D eigenvalue weighted by atomic mass is 16.6. The SMILES string of the molecule is O=C([O-])[C@H]1CC=CC[C@@H]1C(=O)Nc1ccc2c(c1)OCCO2. The van der Waals surface area contributed by atoms with Crippen LogP contribution in [0.25, 0.3) is 0 Å². The lowest BCUT2D eigenvalue weighted by atomic mass is 9.82. The number of amides is 1. The highest BCUT2D eigenvalue weighted by Gasteiger charge is 2.30. The average molecular weight is 302 g/mol. The van der Waals surface area contributed by atoms with Crippen LogP contribution < -0.4 is 19.9 Å². The van der Waals surface area contributed by atoms with E-state index < -0.39 is 17.8 Å². The summed E-state index contributed by atoms with van der Waals surface area (Å²) < 4.78 is 10.9. The van der Waals surface area contributed by atoms with Crippen molar-refractivity contribution in [1.82, 2.24) is 0 Å². The molecule has 116 valence electrons. The van der Waals surface area contributed by atoms with Gasteiger partial charge in [0.1, 0.15) is 13.2 Å². The van der Waals surface area contributed by atoms with Crippen molar-refractivity contribution in [2.75, 3.05) is 18.5 Å². The van der Waals surface area contributed by atoms with Gasteiger partial charge < -0.3 is 24.7 Å². The first kappa shape index (κ1) is 14.4. The van der Waals surface area contributed by atoms with Crippen LogP contribution in [-0.4, -0.2) is 25.1 Å². The molecule has 1 aliphatic heterocycles. The molecule has 0 spiro atoms. The average Bonchev–Trinajstić information content (AvgIpc) is 2.54. The van der Waals surface area contributed by atoms with Crippen molar-refractivity contribution in [2.24, 2.45) is 11.8 Å². The molecule has 0 saturated carbocycles. The van der Waals surface area contributed by atoms with Crippen molar-refractivity contribution >= 4 is 17.6 Å². The highest BCUT2D eigenvalue weighted by Crippen LogP contribution is 2.33. The van der Waals surface area contributed by atoms with E-state index in [9.17, 15) is 14.7 Å². The van der Waals surface area contributed by atoms with Crippen molar-refractivity contribution in [3.63, 3.8) is 0 Å². The first-order valence-electron chi connectivity index (χ1n) is 7.21. The van der Waals surface area contributed by atoms with E-state index in [1.807, 2.05) is 6.08 Å². The fraction of sp³-hybridized carbons (Fsp3) is 0.375. The van der Waals surface area contributed by atoms with Gasteiger partial charge in [-0.15, -0.1) is 0 Å². The van der Waals surface area contributed by atoms with Gasteiger partial charge in [0.2, 0.25) is 5.91 Å². The van der Waals surface area contributed by atoms with Crippen molar-refractivity contribution in [2.45, 2.75) is 12.8 Å². The zero-order valence-corrected chi connectivity index (χ0v) is 11.9. The number of anilines is 1. The molecule has 0 aromatic heterocycles. The molecule has 1 N–H and O–H groups in total. The molecule has 0 fully saturated rings. The monoisotopic (exact) mass is 302 g/mol. The van der Waals surface area contributed by atoms with Crippen LogP contribution in [0.3, 0.4) is 0 Å². The maximum Gasteiger partial charge on any atom is 0.228 e. The Labute approximate surface area is 127 Å². The minimum atomic E-state index is -1.19. The fourth-order valence-electron chi connectivity index (χ4n) is 2.72. The van der Waals surface area contributed by atoms with Gasteiger partial charge >= 0.3 is 0 Å². The van der Waals surface area contributed by atoms with E-state index in [2.05, 4.69) is 5.32 Å². The molecule has 6 heteroatoms. The normalized spacial score (nSPS) is 22.9. The number of carbonyl (C=O) groups excluding carboxylic acids is 2. The summed E-state index contributed by atoms with van der Waals surface area (Å²) >= 11 is 0. The molecule has 3 rings (SSSR count). The minimum absolute atomic E-state index is 0.321. The Hall–Kier alpha value is -2.50. The summed E-state index contributed by atoms with van der Waals surface area (Å²) in [5.74, 6) is -1.71. The summed E-state index contributed by atoms with van der Waals surface area (Å²) in [6.07, 6.45) is 4.32. The van der Waals surface area contributed by atoms with E-state index in [0.29, 0.717) is 43.2 Å². The number of benzene rings is 1. The zero-order chi connectivity index (χ0) is 15.5. The predicted octanol–water partition coefficient (Wildman–Crippen LogP) is 0.729. The second kappa shape index (κ2) is 6.09. The zero-order valence-electron chi connectivity index (χ0n) is 11.9. The van der Waals surface area contributed by atoms with Gasteiger partial charge in [0.25, 0.3) is 0 Å². The molecule has 0 radical (unpaired) electrons. The molecule has 6 nitrogen and oxygen atoms in total. The summed E-state index contributed by atoms with van der Waals surface area (Å²) in [6.45, 7) is 0.963. The Balaban J connectivity index is 1.73. The van der Waals surface area contributed by atoms with Crippen molar-refractivity contribution < 1.29 is 24.2 Å². The van der Waals surface area contributed by atoms with Gasteiger partial charge in [-0.3, -0.25) is 4.79 Å². The number of carbonyl (C=O) groups is 2. The predicted molar refractivity (Wildman–Crippen MR) is 76.4 cm³/mol. The molecule has 1 aliphatic carbocycles. The molecule has 1 amide bonds. The number of aliphatic carboxylic acids is 1. The number of allylic oxidation sites excluding steroid dienone is 2. The number of ether oxygens (including phenoxy) is 2. The van der Waals surface area contributed by atoms with E-state index >= 15 is 0 Å². The topological polar surface area (TPSA) is 87.7 Å². The molecule has 1 aromatic carbocycles. The Bertz CT molecular complexity index is 625. The molecular weight excluding hydrogens is 286 g/mol. The second-order valence-electron chi connectivity index (χ2n) is 5.32. The van der Waals surface area contributed by atoms with E-state index in [4.69, 9.17) is 9.47 Å². The van der Waals surface area contributed by atoms with E-state index in [0.717, 1.165) is 0 Å². The van der Waals surface area contributed by atoms with Gasteiger partial charge in [-0.05, 0) is 25.0 Å². The number of carboxylic acid groups (broad SMARTS) is 1. The number of hydrogen-bond acceptors (Lipinski definition) is 5. The van der Waals surface area contributed by atoms with Gasteiger partial charge in [-0.1, -0.05) is 12.2 Å². The summed E-state index contributed by atoms with van der Waals surface area (Å²) in [5.41, 5.74) is 0.556. The molecule has 0 bridgehead atoms. The van der Waals surface area contributed by atoms with Crippen LogP contribution >= 0.6 is 0 Å². The Morgan fingerprint density at radius 3 is 2.45 bits per heavy atom. The summed E-state index contributed by atoms with van der Waals surface area (Å²) in [7, 11) is 0. The molecule has 1 aromatic rings. The maximum atomic E-state index is 12.3. The molecule has 0 saturated heterocycles. The van der Waals surface area contributed by atoms with Crippen LogP contribution in [0.2, 0.25) is 0 Å². The Morgan fingerprint density at radius 1 is 1.05 bits per heavy atom. The number of carboxylic acids is 1. The largest absolute Gasteiger partial charge is 0.550 e. The molecule has 2 atom stereocenters. The van der Waals surface area contributed by atoms with Crippen molar-refractivity contribution in [3.05, 3.63) is 30.4 Å². The third-order valence-electron chi connectivity index (χ3n) is 3.88. The summed E-state index contributed by atoms with van der Waals surface area (Å²) in [6, 6.07) is 5.11. The fourth-order valence-corrected chi connectivity index (χ4v) is 2.72. The molecule has 22 heavy (non-hydrogen) atoms. The van der Waals surface area contributed by atoms with Crippen molar-refractivity contribution in [1.29, 1.82) is 0 Å². The lowest BCUT2D eigenvalue weighted by Gasteiger charge is -2.28.